The van der Waals surface area contributed by atoms with Crippen LogP contribution in [0.15, 0.2) is 12.1 Å². The van der Waals surface area contributed by atoms with Crippen molar-refractivity contribution in [3.8, 4) is 5.75 Å². The summed E-state index contributed by atoms with van der Waals surface area (Å²) in [4.78, 5) is 2.10. The second-order valence-electron chi connectivity index (χ2n) is 5.96. The van der Waals surface area contributed by atoms with Crippen molar-refractivity contribution in [2.75, 3.05) is 26.2 Å². The van der Waals surface area contributed by atoms with Crippen LogP contribution >= 0.6 is 12.4 Å². The van der Waals surface area contributed by atoms with Crippen molar-refractivity contribution in [1.29, 1.82) is 0 Å². The Morgan fingerprint density at radius 1 is 1.17 bits per heavy atom. The van der Waals surface area contributed by atoms with Crippen molar-refractivity contribution in [2.24, 2.45) is 0 Å². The Kier molecular flexibility index (Phi) is 7.17. The van der Waals surface area contributed by atoms with Crippen LogP contribution in [-0.4, -0.2) is 42.4 Å². The van der Waals surface area contributed by atoms with E-state index in [0.717, 1.165) is 31.7 Å². The van der Waals surface area contributed by atoms with Crippen LogP contribution in [0.4, 0.5) is 13.2 Å². The minimum Gasteiger partial charge on any atom is -0.507 e. The van der Waals surface area contributed by atoms with Gasteiger partial charge in [0.05, 0.1) is 0 Å². The maximum absolute atomic E-state index is 12.7. The highest BCUT2D eigenvalue weighted by atomic mass is 35.5. The molecule has 0 unspecified atom stereocenters. The van der Waals surface area contributed by atoms with E-state index in [2.05, 4.69) is 10.2 Å². The van der Waals surface area contributed by atoms with E-state index in [1.165, 1.54) is 0 Å². The molecule has 1 aliphatic rings. The zero-order chi connectivity index (χ0) is 16.3. The fourth-order valence-corrected chi connectivity index (χ4v) is 3.04. The SMILES string of the molecule is Cc1cc([C@@H](CCC(F)(F)F)N2CCNCC2)cc(C)c1O.Cl. The van der Waals surface area contributed by atoms with Crippen LogP contribution in [0.5, 0.6) is 5.75 Å². The molecule has 1 aromatic rings. The predicted octanol–water partition coefficient (Wildman–Crippen LogP) is 3.72. The van der Waals surface area contributed by atoms with E-state index < -0.39 is 12.6 Å². The Hall–Kier alpha value is -0.980. The van der Waals surface area contributed by atoms with E-state index >= 15 is 0 Å². The molecule has 0 aromatic heterocycles. The number of hydrogen-bond acceptors (Lipinski definition) is 3. The lowest BCUT2D eigenvalue weighted by Gasteiger charge is -2.36. The fraction of sp³-hybridized carbons (Fsp3) is 0.625. The van der Waals surface area contributed by atoms with Gasteiger partial charge in [-0.1, -0.05) is 12.1 Å². The standard InChI is InChI=1S/C16H23F3N2O.ClH/c1-11-9-13(10-12(2)15(11)22)14(3-4-16(17,18)19)21-7-5-20-6-8-21;/h9-10,14,20,22H,3-8H2,1-2H3;1H/t14-;/m1./s1. The molecule has 7 heteroatoms. The van der Waals surface area contributed by atoms with Crippen molar-refractivity contribution in [2.45, 2.75) is 38.9 Å². The molecular weight excluding hydrogens is 329 g/mol. The van der Waals surface area contributed by atoms with Gasteiger partial charge in [-0.05, 0) is 37.0 Å². The van der Waals surface area contributed by atoms with Gasteiger partial charge in [-0.15, -0.1) is 12.4 Å². The van der Waals surface area contributed by atoms with Crippen molar-refractivity contribution in [1.82, 2.24) is 10.2 Å². The summed E-state index contributed by atoms with van der Waals surface area (Å²) < 4.78 is 38.0. The number of nitrogens with one attached hydrogen (secondary N) is 1. The predicted molar refractivity (Wildman–Crippen MR) is 87.3 cm³/mol. The van der Waals surface area contributed by atoms with Gasteiger partial charge < -0.3 is 10.4 Å². The summed E-state index contributed by atoms with van der Waals surface area (Å²) in [5, 5.41) is 13.1. The van der Waals surface area contributed by atoms with E-state index in [1.807, 2.05) is 12.1 Å². The molecule has 0 amide bonds. The Balaban J connectivity index is 0.00000264. The van der Waals surface area contributed by atoms with Crippen LogP contribution in [-0.2, 0) is 0 Å². The van der Waals surface area contributed by atoms with Gasteiger partial charge in [-0.25, -0.2) is 0 Å². The number of benzene rings is 1. The molecule has 132 valence electrons. The molecule has 1 aromatic carbocycles. The summed E-state index contributed by atoms with van der Waals surface area (Å²) >= 11 is 0. The number of nitrogens with zero attached hydrogens (tertiary/aromatic N) is 1. The number of aromatic hydroxyl groups is 1. The van der Waals surface area contributed by atoms with Gasteiger partial charge in [0, 0.05) is 38.6 Å². The number of phenolic OH excluding ortho intramolecular Hbond substituents is 1. The second kappa shape index (κ2) is 8.22. The van der Waals surface area contributed by atoms with Gasteiger partial charge in [0.1, 0.15) is 5.75 Å². The van der Waals surface area contributed by atoms with Crippen molar-refractivity contribution >= 4 is 12.4 Å². The number of rotatable bonds is 4. The smallest absolute Gasteiger partial charge is 0.389 e. The van der Waals surface area contributed by atoms with Gasteiger partial charge >= 0.3 is 6.18 Å². The number of halogens is 4. The average molecular weight is 353 g/mol. The lowest BCUT2D eigenvalue weighted by Crippen LogP contribution is -2.45. The van der Waals surface area contributed by atoms with E-state index in [-0.39, 0.29) is 30.6 Å². The lowest BCUT2D eigenvalue weighted by molar-refractivity contribution is -0.138. The maximum Gasteiger partial charge on any atom is 0.389 e. The molecule has 2 rings (SSSR count). The normalized spacial score (nSPS) is 17.6. The summed E-state index contributed by atoms with van der Waals surface area (Å²) in [6, 6.07) is 3.36. The van der Waals surface area contributed by atoms with Gasteiger partial charge in [0.2, 0.25) is 0 Å². The van der Waals surface area contributed by atoms with Gasteiger partial charge in [-0.3, -0.25) is 4.90 Å². The van der Waals surface area contributed by atoms with Crippen LogP contribution < -0.4 is 5.32 Å². The molecule has 0 radical (unpaired) electrons. The first-order valence-electron chi connectivity index (χ1n) is 7.59. The van der Waals surface area contributed by atoms with E-state index in [4.69, 9.17) is 0 Å². The zero-order valence-electron chi connectivity index (χ0n) is 13.4. The summed E-state index contributed by atoms with van der Waals surface area (Å²) in [5.41, 5.74) is 2.28. The molecule has 23 heavy (non-hydrogen) atoms. The first-order chi connectivity index (χ1) is 10.3. The average Bonchev–Trinajstić information content (AvgIpc) is 2.45. The van der Waals surface area contributed by atoms with E-state index in [0.29, 0.717) is 11.1 Å². The highest BCUT2D eigenvalue weighted by molar-refractivity contribution is 5.85. The molecule has 0 aliphatic carbocycles. The van der Waals surface area contributed by atoms with Crippen molar-refractivity contribution in [3.05, 3.63) is 28.8 Å². The third kappa shape index (κ3) is 5.55. The first kappa shape index (κ1) is 20.1. The molecule has 0 saturated carbocycles. The van der Waals surface area contributed by atoms with E-state index in [1.54, 1.807) is 13.8 Å². The number of hydrogen-bond donors (Lipinski definition) is 2. The molecule has 0 spiro atoms. The molecular formula is C16H24ClF3N2O. The molecule has 1 heterocycles. The largest absolute Gasteiger partial charge is 0.507 e. The second-order valence-corrected chi connectivity index (χ2v) is 5.96. The van der Waals surface area contributed by atoms with Crippen molar-refractivity contribution < 1.29 is 18.3 Å². The molecule has 1 saturated heterocycles. The van der Waals surface area contributed by atoms with Crippen LogP contribution in [0.25, 0.3) is 0 Å². The van der Waals surface area contributed by atoms with Gasteiger partial charge in [0.15, 0.2) is 0 Å². The Morgan fingerprint density at radius 2 is 1.70 bits per heavy atom. The minimum absolute atomic E-state index is 0. The van der Waals surface area contributed by atoms with Crippen molar-refractivity contribution in [3.63, 3.8) is 0 Å². The molecule has 1 atom stereocenters. The molecule has 1 aliphatic heterocycles. The summed E-state index contributed by atoms with van der Waals surface area (Å²) in [6.07, 6.45) is -4.89. The van der Waals surface area contributed by atoms with E-state index in [9.17, 15) is 18.3 Å². The topological polar surface area (TPSA) is 35.5 Å². The van der Waals surface area contributed by atoms with Crippen LogP contribution in [0.1, 0.15) is 35.6 Å². The Labute approximate surface area is 141 Å². The summed E-state index contributed by atoms with van der Waals surface area (Å²) in [5.74, 6) is 0.221. The number of piperazine rings is 1. The number of phenols is 1. The Morgan fingerprint density at radius 3 is 2.17 bits per heavy atom. The lowest BCUT2D eigenvalue weighted by atomic mass is 9.95. The molecule has 2 N–H and O–H groups in total. The summed E-state index contributed by atoms with van der Waals surface area (Å²) in [7, 11) is 0. The molecule has 1 fully saturated rings. The number of alkyl halides is 3. The minimum atomic E-state index is -4.15. The zero-order valence-corrected chi connectivity index (χ0v) is 14.2. The highest BCUT2D eigenvalue weighted by Crippen LogP contribution is 2.34. The van der Waals surface area contributed by atoms with Crippen LogP contribution in [0.3, 0.4) is 0 Å². The molecule has 3 nitrogen and oxygen atoms in total. The quantitative estimate of drug-likeness (QED) is 0.867. The Bertz CT molecular complexity index is 494. The first-order valence-corrected chi connectivity index (χ1v) is 7.59. The highest BCUT2D eigenvalue weighted by Gasteiger charge is 2.31. The third-order valence-corrected chi connectivity index (χ3v) is 4.19. The van der Waals surface area contributed by atoms with Crippen LogP contribution in [0.2, 0.25) is 0 Å². The maximum atomic E-state index is 12.7. The fourth-order valence-electron chi connectivity index (χ4n) is 3.04. The molecule has 0 bridgehead atoms. The van der Waals surface area contributed by atoms with Gasteiger partial charge in [0.25, 0.3) is 0 Å². The number of aryl methyl sites for hydroxylation is 2. The third-order valence-electron chi connectivity index (χ3n) is 4.19. The van der Waals surface area contributed by atoms with Crippen LogP contribution in [0, 0.1) is 13.8 Å². The van der Waals surface area contributed by atoms with Gasteiger partial charge in [-0.2, -0.15) is 13.2 Å². The monoisotopic (exact) mass is 352 g/mol. The summed E-state index contributed by atoms with van der Waals surface area (Å²) in [6.45, 7) is 6.62.